The number of amides is 3. The number of carbonyl (C=O) groups excluding carboxylic acids is 3. The van der Waals surface area contributed by atoms with Crippen LogP contribution in [-0.4, -0.2) is 43.5 Å². The lowest BCUT2D eigenvalue weighted by atomic mass is 10.2. The van der Waals surface area contributed by atoms with Gasteiger partial charge >= 0.3 is 0 Å². The fourth-order valence-electron chi connectivity index (χ4n) is 2.13. The zero-order valence-electron chi connectivity index (χ0n) is 16.5. The van der Waals surface area contributed by atoms with Crippen LogP contribution < -0.4 is 20.7 Å². The van der Waals surface area contributed by atoms with Crippen molar-refractivity contribution in [2.45, 2.75) is 52.5 Å². The van der Waals surface area contributed by atoms with Crippen LogP contribution in [-0.2, 0) is 9.59 Å². The molecular formula is C20H31N3O4. The van der Waals surface area contributed by atoms with E-state index >= 15 is 0 Å². The summed E-state index contributed by atoms with van der Waals surface area (Å²) in [4.78, 5) is 35.4. The summed E-state index contributed by atoms with van der Waals surface area (Å²) in [7, 11) is 0. The maximum Gasteiger partial charge on any atom is 0.251 e. The van der Waals surface area contributed by atoms with Crippen LogP contribution in [0.5, 0.6) is 5.75 Å². The summed E-state index contributed by atoms with van der Waals surface area (Å²) < 4.78 is 5.55. The molecule has 0 saturated carbocycles. The normalized spacial score (nSPS) is 11.4. The van der Waals surface area contributed by atoms with Crippen LogP contribution in [0.3, 0.4) is 0 Å². The molecule has 150 valence electrons. The molecule has 1 atom stereocenters. The lowest BCUT2D eigenvalue weighted by molar-refractivity contribution is -0.122. The third kappa shape index (κ3) is 9.63. The van der Waals surface area contributed by atoms with Gasteiger partial charge in [0.15, 0.2) is 0 Å². The Kier molecular flexibility index (Phi) is 10.6. The summed E-state index contributed by atoms with van der Waals surface area (Å²) >= 11 is 0. The Balaban J connectivity index is 2.26. The summed E-state index contributed by atoms with van der Waals surface area (Å²) in [5.74, 6) is -0.0534. The van der Waals surface area contributed by atoms with E-state index < -0.39 is 0 Å². The molecule has 1 aromatic carbocycles. The highest BCUT2D eigenvalue weighted by Crippen LogP contribution is 2.12. The van der Waals surface area contributed by atoms with Crippen molar-refractivity contribution in [2.24, 2.45) is 0 Å². The SMILES string of the molecule is CCCCOc1ccc(C(=O)NCC(=O)NCCC(=O)NC(C)CC)cc1. The van der Waals surface area contributed by atoms with Crippen molar-refractivity contribution in [1.82, 2.24) is 16.0 Å². The van der Waals surface area contributed by atoms with Crippen molar-refractivity contribution in [3.63, 3.8) is 0 Å². The van der Waals surface area contributed by atoms with Crippen molar-refractivity contribution in [3.05, 3.63) is 29.8 Å². The summed E-state index contributed by atoms with van der Waals surface area (Å²) in [6.45, 7) is 6.76. The Bertz CT molecular complexity index is 602. The highest BCUT2D eigenvalue weighted by atomic mass is 16.5. The molecule has 1 rings (SSSR count). The largest absolute Gasteiger partial charge is 0.494 e. The van der Waals surface area contributed by atoms with Gasteiger partial charge in [0.05, 0.1) is 13.2 Å². The second-order valence-electron chi connectivity index (χ2n) is 6.39. The van der Waals surface area contributed by atoms with Crippen LogP contribution in [0.2, 0.25) is 0 Å². The number of unbranched alkanes of at least 4 members (excludes halogenated alkanes) is 1. The first-order valence-corrected chi connectivity index (χ1v) is 9.53. The smallest absolute Gasteiger partial charge is 0.251 e. The molecule has 1 aromatic rings. The third-order valence-corrected chi connectivity index (χ3v) is 3.99. The highest BCUT2D eigenvalue weighted by Gasteiger charge is 2.09. The Morgan fingerprint density at radius 3 is 2.37 bits per heavy atom. The van der Waals surface area contributed by atoms with Gasteiger partial charge in [0.25, 0.3) is 5.91 Å². The minimum absolute atomic E-state index is 0.102. The molecule has 0 heterocycles. The van der Waals surface area contributed by atoms with Crippen molar-refractivity contribution < 1.29 is 19.1 Å². The topological polar surface area (TPSA) is 96.5 Å². The molecule has 0 saturated heterocycles. The zero-order valence-corrected chi connectivity index (χ0v) is 16.5. The van der Waals surface area contributed by atoms with Crippen LogP contribution >= 0.6 is 0 Å². The van der Waals surface area contributed by atoms with E-state index in [1.54, 1.807) is 24.3 Å². The van der Waals surface area contributed by atoms with Crippen molar-refractivity contribution in [1.29, 1.82) is 0 Å². The zero-order chi connectivity index (χ0) is 20.1. The fraction of sp³-hybridized carbons (Fsp3) is 0.550. The van der Waals surface area contributed by atoms with Crippen LogP contribution in [0.25, 0.3) is 0 Å². The second-order valence-corrected chi connectivity index (χ2v) is 6.39. The van der Waals surface area contributed by atoms with Gasteiger partial charge in [-0.2, -0.15) is 0 Å². The Labute approximate surface area is 161 Å². The van der Waals surface area contributed by atoms with E-state index in [1.807, 2.05) is 13.8 Å². The van der Waals surface area contributed by atoms with Crippen molar-refractivity contribution in [3.8, 4) is 5.75 Å². The first kappa shape index (κ1) is 22.5. The predicted octanol–water partition coefficient (Wildman–Crippen LogP) is 2.02. The van der Waals surface area contributed by atoms with Crippen LogP contribution in [0, 0.1) is 0 Å². The van der Waals surface area contributed by atoms with Crippen molar-refractivity contribution in [2.75, 3.05) is 19.7 Å². The number of ether oxygens (including phenoxy) is 1. The maximum absolute atomic E-state index is 12.1. The molecule has 0 aliphatic carbocycles. The molecule has 7 nitrogen and oxygen atoms in total. The maximum atomic E-state index is 12.1. The van der Waals surface area contributed by atoms with Gasteiger partial charge in [0.2, 0.25) is 11.8 Å². The average Bonchev–Trinajstić information content (AvgIpc) is 2.66. The fourth-order valence-corrected chi connectivity index (χ4v) is 2.13. The molecule has 3 amide bonds. The first-order chi connectivity index (χ1) is 13.0. The van der Waals surface area contributed by atoms with Crippen molar-refractivity contribution >= 4 is 17.7 Å². The Hall–Kier alpha value is -2.57. The molecule has 0 fully saturated rings. The number of nitrogens with one attached hydrogen (secondary N) is 3. The minimum Gasteiger partial charge on any atom is -0.494 e. The third-order valence-electron chi connectivity index (χ3n) is 3.99. The lowest BCUT2D eigenvalue weighted by Gasteiger charge is -2.11. The molecule has 0 aliphatic rings. The summed E-state index contributed by atoms with van der Waals surface area (Å²) in [6, 6.07) is 6.92. The quantitative estimate of drug-likeness (QED) is 0.486. The molecular weight excluding hydrogens is 346 g/mol. The van der Waals surface area contributed by atoms with E-state index in [2.05, 4.69) is 22.9 Å². The monoisotopic (exact) mass is 377 g/mol. The van der Waals surface area contributed by atoms with E-state index in [9.17, 15) is 14.4 Å². The van der Waals surface area contributed by atoms with Gasteiger partial charge in [-0.25, -0.2) is 0 Å². The average molecular weight is 377 g/mol. The molecule has 0 aliphatic heterocycles. The second kappa shape index (κ2) is 12.7. The van der Waals surface area contributed by atoms with Crippen LogP contribution in [0.1, 0.15) is 56.8 Å². The lowest BCUT2D eigenvalue weighted by Crippen LogP contribution is -2.39. The molecule has 27 heavy (non-hydrogen) atoms. The van der Waals surface area contributed by atoms with E-state index in [0.29, 0.717) is 17.9 Å². The molecule has 3 N–H and O–H groups in total. The van der Waals surface area contributed by atoms with E-state index in [0.717, 1.165) is 19.3 Å². The van der Waals surface area contributed by atoms with Gasteiger partial charge in [0.1, 0.15) is 5.75 Å². The number of hydrogen-bond acceptors (Lipinski definition) is 4. The number of carbonyl (C=O) groups is 3. The number of benzene rings is 1. The van der Waals surface area contributed by atoms with Gasteiger partial charge < -0.3 is 20.7 Å². The van der Waals surface area contributed by atoms with E-state index in [-0.39, 0.29) is 43.3 Å². The van der Waals surface area contributed by atoms with E-state index in [1.165, 1.54) is 0 Å². The minimum atomic E-state index is -0.334. The van der Waals surface area contributed by atoms with Gasteiger partial charge in [-0.05, 0) is 44.0 Å². The summed E-state index contributed by atoms with van der Waals surface area (Å²) in [6.07, 6.45) is 3.11. The Morgan fingerprint density at radius 1 is 1.04 bits per heavy atom. The standard InChI is InChI=1S/C20H31N3O4/c1-4-6-13-27-17-9-7-16(8-10-17)20(26)22-14-19(25)21-12-11-18(24)23-15(3)5-2/h7-10,15H,4-6,11-14H2,1-3H3,(H,21,25)(H,22,26)(H,23,24). The number of rotatable bonds is 12. The molecule has 1 unspecified atom stereocenters. The molecule has 0 spiro atoms. The van der Waals surface area contributed by atoms with Gasteiger partial charge in [-0.15, -0.1) is 0 Å². The van der Waals surface area contributed by atoms with Gasteiger partial charge in [-0.3, -0.25) is 14.4 Å². The van der Waals surface area contributed by atoms with Gasteiger partial charge in [0, 0.05) is 24.6 Å². The molecule has 0 radical (unpaired) electrons. The summed E-state index contributed by atoms with van der Waals surface area (Å²) in [5.41, 5.74) is 0.457. The molecule has 0 bridgehead atoms. The molecule has 0 aromatic heterocycles. The van der Waals surface area contributed by atoms with Crippen LogP contribution in [0.4, 0.5) is 0 Å². The highest BCUT2D eigenvalue weighted by molar-refractivity contribution is 5.96. The van der Waals surface area contributed by atoms with Gasteiger partial charge in [-0.1, -0.05) is 20.3 Å². The predicted molar refractivity (Wildman–Crippen MR) is 105 cm³/mol. The summed E-state index contributed by atoms with van der Waals surface area (Å²) in [5, 5.41) is 8.00. The van der Waals surface area contributed by atoms with E-state index in [4.69, 9.17) is 4.74 Å². The Morgan fingerprint density at radius 2 is 1.74 bits per heavy atom. The number of hydrogen-bond donors (Lipinski definition) is 3. The first-order valence-electron chi connectivity index (χ1n) is 9.53. The van der Waals surface area contributed by atoms with Crippen LogP contribution in [0.15, 0.2) is 24.3 Å². The molecule has 7 heteroatoms.